The van der Waals surface area contributed by atoms with Crippen LogP contribution in [-0.2, 0) is 36.7 Å². The van der Waals surface area contributed by atoms with Crippen LogP contribution in [0, 0.1) is 0 Å². The van der Waals surface area contributed by atoms with Gasteiger partial charge in [-0.1, -0.05) is 179 Å². The quantitative estimate of drug-likeness (QED) is 0.222. The minimum absolute atomic E-state index is 0.0933. The molecule has 0 saturated heterocycles. The van der Waals surface area contributed by atoms with E-state index in [1.54, 1.807) is 24.3 Å². The molecule has 1 N–H and O–H groups in total. The second-order valence-corrected chi connectivity index (χ2v) is 23.6. The van der Waals surface area contributed by atoms with Crippen molar-refractivity contribution in [3.63, 3.8) is 0 Å². The smallest absolute Gasteiger partial charge is 0.353 e. The minimum Gasteiger partial charge on any atom is -0.507 e. The molecule has 0 saturated carbocycles. The Balaban J connectivity index is 2.55. The van der Waals surface area contributed by atoms with Crippen molar-refractivity contribution in [2.24, 2.45) is 0 Å². The molecule has 0 aliphatic heterocycles. The first-order valence-corrected chi connectivity index (χ1v) is 20.8. The lowest BCUT2D eigenvalue weighted by molar-refractivity contribution is 0.0753. The second-order valence-electron chi connectivity index (χ2n) is 21.1. The van der Waals surface area contributed by atoms with Crippen LogP contribution in [0.2, 0.25) is 0 Å². The van der Waals surface area contributed by atoms with Gasteiger partial charge < -0.3 is 9.29 Å². The molecule has 0 atom stereocenters. The molecule has 0 aliphatic rings. The third kappa shape index (κ3) is 8.59. The van der Waals surface area contributed by atoms with Gasteiger partial charge in [0.1, 0.15) is 11.3 Å². The predicted octanol–water partition coefficient (Wildman–Crippen LogP) is 14.2. The fourth-order valence-corrected chi connectivity index (χ4v) is 11.4. The van der Waals surface area contributed by atoms with Gasteiger partial charge in [-0.15, -0.1) is 0 Å². The Morgan fingerprint density at radius 2 is 0.792 bits per heavy atom. The van der Waals surface area contributed by atoms with E-state index in [1.165, 1.54) is 33.4 Å². The first-order valence-electron chi connectivity index (χ1n) is 19.2. The van der Waals surface area contributed by atoms with E-state index in [2.05, 4.69) is 173 Å². The van der Waals surface area contributed by atoms with Crippen LogP contribution in [0.15, 0.2) is 93.5 Å². The maximum atomic E-state index is 15.1. The highest BCUT2D eigenvalue weighted by Gasteiger charge is 2.48. The molecule has 0 heterocycles. The fraction of sp³-hybridized carbons (Fsp3) is 0.490. The molecule has 288 valence electrons. The van der Waals surface area contributed by atoms with Crippen molar-refractivity contribution in [2.45, 2.75) is 172 Å². The molecule has 0 aromatic heterocycles. The summed E-state index contributed by atoms with van der Waals surface area (Å²) in [6, 6.07) is 26.8. The van der Waals surface area contributed by atoms with E-state index in [0.29, 0.717) is 0 Å². The van der Waals surface area contributed by atoms with Gasteiger partial charge >= 0.3 is 5.97 Å². The number of phenols is 1. The van der Waals surface area contributed by atoms with Crippen molar-refractivity contribution in [1.82, 2.24) is 0 Å². The van der Waals surface area contributed by atoms with Crippen molar-refractivity contribution in [1.29, 1.82) is 0 Å². The molecule has 4 heteroatoms. The van der Waals surface area contributed by atoms with E-state index in [1.807, 2.05) is 6.07 Å². The van der Waals surface area contributed by atoms with Crippen LogP contribution in [0.25, 0.3) is 0 Å². The summed E-state index contributed by atoms with van der Waals surface area (Å²) in [7, 11) is -2.94. The highest BCUT2D eigenvalue weighted by atomic mass is 32.3. The number of hydrogen-bond acceptors (Lipinski definition) is 3. The van der Waals surface area contributed by atoms with E-state index >= 15 is 4.79 Å². The molecule has 0 fully saturated rings. The lowest BCUT2D eigenvalue weighted by atomic mass is 9.75. The van der Waals surface area contributed by atoms with E-state index in [0.717, 1.165) is 14.7 Å². The van der Waals surface area contributed by atoms with Crippen LogP contribution >= 0.6 is 10.3 Å². The van der Waals surface area contributed by atoms with Gasteiger partial charge in [-0.2, -0.15) is 0 Å². The van der Waals surface area contributed by atoms with Crippen LogP contribution < -0.4 is 0 Å². The molecule has 0 unspecified atom stereocenters. The standard InChI is InChI=1S/C49H68O3S/c1-44(2,3)32-28-36(46(7,8)9)41(37(29-32)47(10,11)12)53(34-24-20-19-21-25-34,52-43(51)35-26-22-23-27-40(35)50)42-38(48(13,14)15)30-33(45(4,5)6)31-39(42)49(16,17)18/h19-31,50H,1-18H3. The summed E-state index contributed by atoms with van der Waals surface area (Å²) < 4.78 is 7.54. The third-order valence-electron chi connectivity index (χ3n) is 10.1. The average Bonchev–Trinajstić information content (AvgIpc) is 3.00. The molecule has 3 nitrogen and oxygen atoms in total. The molecule has 0 bridgehead atoms. The van der Waals surface area contributed by atoms with Gasteiger partial charge in [0.2, 0.25) is 0 Å². The molecule has 0 spiro atoms. The van der Waals surface area contributed by atoms with Crippen LogP contribution in [0.1, 0.15) is 168 Å². The van der Waals surface area contributed by atoms with Crippen molar-refractivity contribution in [3.8, 4) is 5.75 Å². The summed E-state index contributed by atoms with van der Waals surface area (Å²) in [6.45, 7) is 41.0. The molecule has 4 aromatic carbocycles. The summed E-state index contributed by atoms with van der Waals surface area (Å²) >= 11 is 0. The van der Waals surface area contributed by atoms with Crippen LogP contribution in [0.5, 0.6) is 5.75 Å². The van der Waals surface area contributed by atoms with Gasteiger partial charge in [0.15, 0.2) is 0 Å². The van der Waals surface area contributed by atoms with E-state index in [-0.39, 0.29) is 43.8 Å². The highest BCUT2D eigenvalue weighted by Crippen LogP contribution is 2.75. The lowest BCUT2D eigenvalue weighted by Crippen LogP contribution is -2.31. The minimum atomic E-state index is -2.94. The monoisotopic (exact) mass is 736 g/mol. The van der Waals surface area contributed by atoms with Gasteiger partial charge in [-0.05, 0) is 100 Å². The molecule has 0 aliphatic carbocycles. The molecule has 0 radical (unpaired) electrons. The Labute approximate surface area is 324 Å². The molecule has 4 aromatic rings. The highest BCUT2D eigenvalue weighted by molar-refractivity contribution is 8.30. The molecular weight excluding hydrogens is 669 g/mol. The molecular formula is C49H68O3S. The number of para-hydroxylation sites is 1. The Hall–Kier alpha value is -3.50. The summed E-state index contributed by atoms with van der Waals surface area (Å²) in [4.78, 5) is 18.2. The largest absolute Gasteiger partial charge is 0.507 e. The fourth-order valence-electron chi connectivity index (χ4n) is 6.86. The van der Waals surface area contributed by atoms with Crippen molar-refractivity contribution >= 4 is 16.3 Å². The van der Waals surface area contributed by atoms with E-state index in [9.17, 15) is 5.11 Å². The summed E-state index contributed by atoms with van der Waals surface area (Å²) in [6.07, 6.45) is 0. The van der Waals surface area contributed by atoms with Crippen molar-refractivity contribution in [3.05, 3.63) is 118 Å². The Bertz CT molecular complexity index is 1790. The number of rotatable bonds is 5. The van der Waals surface area contributed by atoms with Gasteiger partial charge in [0.25, 0.3) is 0 Å². The maximum absolute atomic E-state index is 15.1. The number of phenolic OH excluding ortho intramolecular Hbond substituents is 1. The van der Waals surface area contributed by atoms with Crippen molar-refractivity contribution < 1.29 is 14.1 Å². The zero-order valence-corrected chi connectivity index (χ0v) is 37.0. The normalized spacial score (nSPS) is 13.9. The topological polar surface area (TPSA) is 46.5 Å². The van der Waals surface area contributed by atoms with Crippen LogP contribution in [0.4, 0.5) is 0 Å². The zero-order chi connectivity index (χ0) is 40.3. The predicted molar refractivity (Wildman–Crippen MR) is 227 cm³/mol. The molecule has 53 heavy (non-hydrogen) atoms. The number of benzene rings is 4. The zero-order valence-electron chi connectivity index (χ0n) is 36.2. The third-order valence-corrected chi connectivity index (χ3v) is 13.5. The van der Waals surface area contributed by atoms with Gasteiger partial charge in [0.05, 0.1) is 0 Å². The van der Waals surface area contributed by atoms with Crippen LogP contribution in [-0.4, -0.2) is 11.1 Å². The number of hydrogen-bond donors (Lipinski definition) is 1. The SMILES string of the molecule is CC(C)(C)c1cc(C(C)(C)C)c(S(OC(=O)c2ccccc2O)(c2ccccc2)c2c(C(C)(C)C)cc(C(C)(C)C)cc2C(C)(C)C)c(C(C)(C)C)c1. The number of carbonyl (C=O) groups is 1. The van der Waals surface area contributed by atoms with E-state index in [4.69, 9.17) is 4.18 Å². The number of aromatic hydroxyl groups is 1. The van der Waals surface area contributed by atoms with Gasteiger partial charge in [-0.25, -0.2) is 4.79 Å². The summed E-state index contributed by atoms with van der Waals surface area (Å²) in [5.41, 5.74) is 5.73. The summed E-state index contributed by atoms with van der Waals surface area (Å²) in [5.74, 6) is -0.634. The average molecular weight is 737 g/mol. The van der Waals surface area contributed by atoms with E-state index < -0.39 is 16.3 Å². The first-order chi connectivity index (χ1) is 23.9. The number of carbonyl (C=O) groups excluding carboxylic acids is 1. The Morgan fingerprint density at radius 1 is 0.472 bits per heavy atom. The Kier molecular flexibility index (Phi) is 11.1. The van der Waals surface area contributed by atoms with Crippen molar-refractivity contribution in [2.75, 3.05) is 0 Å². The lowest BCUT2D eigenvalue weighted by Gasteiger charge is -2.50. The second kappa shape index (κ2) is 14.0. The van der Waals surface area contributed by atoms with Gasteiger partial charge in [-0.3, -0.25) is 0 Å². The Morgan fingerprint density at radius 3 is 1.09 bits per heavy atom. The molecule has 0 amide bonds. The maximum Gasteiger partial charge on any atom is 0.353 e. The summed E-state index contributed by atoms with van der Waals surface area (Å²) in [5, 5.41) is 11.2. The first kappa shape index (κ1) is 42.2. The van der Waals surface area contributed by atoms with Crippen LogP contribution in [0.3, 0.4) is 0 Å². The van der Waals surface area contributed by atoms with Gasteiger partial charge in [0, 0.05) is 14.7 Å². The molecule has 4 rings (SSSR count).